The summed E-state index contributed by atoms with van der Waals surface area (Å²) in [6.45, 7) is 1.77. The molecule has 0 atom stereocenters. The second kappa shape index (κ2) is 16.5. The van der Waals surface area contributed by atoms with E-state index in [2.05, 4.69) is 15.0 Å². The van der Waals surface area contributed by atoms with Gasteiger partial charge in [-0.15, -0.1) is 0 Å². The molecule has 14 nitrogen and oxygen atoms in total. The quantitative estimate of drug-likeness (QED) is 0.153. The first-order valence-corrected chi connectivity index (χ1v) is 12.6. The predicted octanol–water partition coefficient (Wildman–Crippen LogP) is 1.15. The second-order valence-corrected chi connectivity index (χ2v) is 9.14. The van der Waals surface area contributed by atoms with Crippen LogP contribution in [0.4, 0.5) is 0 Å². The first kappa shape index (κ1) is 32.7. The molecule has 0 saturated heterocycles. The standard InChI is InChI=1S/C19H20ClN3O3S.2C2H2O4/c20-17-5-1-2-6-18(17)26-13-12-21-10-11-23-27(24,25)19-7-3-4-15-14-22-9-8-16(15)19;2*3-1(4)2(5)6/h1-9,14,21,23H,10-13H2;2*(H,3,4)(H,5,6). The molecule has 0 fully saturated rings. The summed E-state index contributed by atoms with van der Waals surface area (Å²) in [4.78, 5) is 40.7. The average Bonchev–Trinajstić information content (AvgIpc) is 2.89. The van der Waals surface area contributed by atoms with E-state index < -0.39 is 33.9 Å². The molecule has 1 aromatic heterocycles. The highest BCUT2D eigenvalue weighted by Crippen LogP contribution is 2.23. The van der Waals surface area contributed by atoms with Gasteiger partial charge in [0.2, 0.25) is 10.0 Å². The van der Waals surface area contributed by atoms with Gasteiger partial charge in [0.25, 0.3) is 0 Å². The lowest BCUT2D eigenvalue weighted by atomic mass is 10.2. The highest BCUT2D eigenvalue weighted by Gasteiger charge is 2.16. The average molecular weight is 586 g/mol. The lowest BCUT2D eigenvalue weighted by Gasteiger charge is -2.11. The number of carbonyl (C=O) groups is 4. The summed E-state index contributed by atoms with van der Waals surface area (Å²) >= 11 is 6.01. The zero-order valence-electron chi connectivity index (χ0n) is 20.0. The first-order chi connectivity index (χ1) is 18.4. The number of halogens is 1. The van der Waals surface area contributed by atoms with Gasteiger partial charge < -0.3 is 30.5 Å². The largest absolute Gasteiger partial charge is 0.491 e. The van der Waals surface area contributed by atoms with Gasteiger partial charge in [-0.05, 0) is 24.3 Å². The molecule has 1 heterocycles. The fourth-order valence-electron chi connectivity index (χ4n) is 2.60. The minimum absolute atomic E-state index is 0.254. The van der Waals surface area contributed by atoms with Gasteiger partial charge in [-0.3, -0.25) is 4.98 Å². The van der Waals surface area contributed by atoms with Crippen LogP contribution in [0.1, 0.15) is 0 Å². The molecule has 0 aliphatic rings. The van der Waals surface area contributed by atoms with E-state index in [1.54, 1.807) is 42.7 Å². The topological polar surface area (TPSA) is 230 Å². The Balaban J connectivity index is 0.000000530. The van der Waals surface area contributed by atoms with Crippen LogP contribution in [0.3, 0.4) is 0 Å². The van der Waals surface area contributed by atoms with Crippen LogP contribution in [-0.4, -0.2) is 83.9 Å². The van der Waals surface area contributed by atoms with Crippen LogP contribution in [0.15, 0.2) is 65.8 Å². The van der Waals surface area contributed by atoms with Crippen molar-refractivity contribution in [1.29, 1.82) is 0 Å². The number of carboxylic acid groups (broad SMARTS) is 4. The molecule has 0 aliphatic carbocycles. The molecular formula is C23H24ClN3O11S. The molecule has 6 N–H and O–H groups in total. The molecule has 39 heavy (non-hydrogen) atoms. The van der Waals surface area contributed by atoms with Gasteiger partial charge in [0.1, 0.15) is 12.4 Å². The van der Waals surface area contributed by atoms with Crippen LogP contribution < -0.4 is 14.8 Å². The molecule has 0 aliphatic heterocycles. The number of sulfonamides is 1. The lowest BCUT2D eigenvalue weighted by Crippen LogP contribution is -2.33. The van der Waals surface area contributed by atoms with Crippen LogP contribution in [0.5, 0.6) is 5.75 Å². The van der Waals surface area contributed by atoms with Crippen LogP contribution in [0.25, 0.3) is 10.8 Å². The predicted molar refractivity (Wildman–Crippen MR) is 137 cm³/mol. The van der Waals surface area contributed by atoms with Gasteiger partial charge in [0.15, 0.2) is 0 Å². The Hall–Kier alpha value is -4.31. The van der Waals surface area contributed by atoms with Gasteiger partial charge in [-0.1, -0.05) is 35.9 Å². The van der Waals surface area contributed by atoms with Crippen molar-refractivity contribution < 1.29 is 52.8 Å². The minimum Gasteiger partial charge on any atom is -0.491 e. The van der Waals surface area contributed by atoms with Gasteiger partial charge in [-0.25, -0.2) is 32.3 Å². The minimum atomic E-state index is -3.59. The number of nitrogens with one attached hydrogen (secondary N) is 2. The van der Waals surface area contributed by atoms with E-state index in [1.807, 2.05) is 18.2 Å². The van der Waals surface area contributed by atoms with Crippen molar-refractivity contribution in [3.8, 4) is 5.75 Å². The van der Waals surface area contributed by atoms with E-state index in [0.29, 0.717) is 35.9 Å². The van der Waals surface area contributed by atoms with Gasteiger partial charge >= 0.3 is 23.9 Å². The molecule has 0 unspecified atom stereocenters. The Morgan fingerprint density at radius 3 is 2.03 bits per heavy atom. The van der Waals surface area contributed by atoms with E-state index in [1.165, 1.54) is 0 Å². The molecule has 0 saturated carbocycles. The number of ether oxygens (including phenoxy) is 1. The molecule has 0 bridgehead atoms. The number of carboxylic acids is 4. The third kappa shape index (κ3) is 12.2. The van der Waals surface area contributed by atoms with Crippen molar-refractivity contribution in [1.82, 2.24) is 15.0 Å². The number of pyridine rings is 1. The maximum absolute atomic E-state index is 12.6. The highest BCUT2D eigenvalue weighted by atomic mass is 35.5. The fourth-order valence-corrected chi connectivity index (χ4v) is 4.05. The summed E-state index contributed by atoms with van der Waals surface area (Å²) in [5.74, 6) is -6.66. The van der Waals surface area contributed by atoms with E-state index in [4.69, 9.17) is 55.9 Å². The SMILES string of the molecule is O=C(O)C(=O)O.O=C(O)C(=O)O.O=S(=O)(NCCNCCOc1ccccc1Cl)c1cccc2cnccc12. The summed E-state index contributed by atoms with van der Waals surface area (Å²) in [7, 11) is -3.59. The maximum atomic E-state index is 12.6. The first-order valence-electron chi connectivity index (χ1n) is 10.7. The third-order valence-electron chi connectivity index (χ3n) is 4.26. The number of rotatable bonds is 9. The summed E-state index contributed by atoms with van der Waals surface area (Å²) in [6.07, 6.45) is 3.23. The van der Waals surface area contributed by atoms with Gasteiger partial charge in [0, 0.05) is 42.8 Å². The van der Waals surface area contributed by atoms with E-state index in [9.17, 15) is 8.42 Å². The summed E-state index contributed by atoms with van der Waals surface area (Å²) < 4.78 is 33.3. The van der Waals surface area contributed by atoms with Crippen molar-refractivity contribution in [2.45, 2.75) is 4.90 Å². The van der Waals surface area contributed by atoms with Crippen molar-refractivity contribution in [2.24, 2.45) is 0 Å². The zero-order valence-corrected chi connectivity index (χ0v) is 21.6. The Bertz CT molecular complexity index is 1350. The monoisotopic (exact) mass is 585 g/mol. The van der Waals surface area contributed by atoms with E-state index in [-0.39, 0.29) is 11.4 Å². The zero-order chi connectivity index (χ0) is 29.4. The van der Waals surface area contributed by atoms with Crippen molar-refractivity contribution >= 4 is 56.3 Å². The normalized spacial score (nSPS) is 10.3. The molecular weight excluding hydrogens is 562 g/mol. The number of aromatic nitrogens is 1. The van der Waals surface area contributed by atoms with Crippen LogP contribution in [-0.2, 0) is 29.2 Å². The number of fused-ring (bicyclic) bond motifs is 1. The van der Waals surface area contributed by atoms with Crippen molar-refractivity contribution in [3.63, 3.8) is 0 Å². The third-order valence-corrected chi connectivity index (χ3v) is 6.09. The molecule has 0 radical (unpaired) electrons. The van der Waals surface area contributed by atoms with Crippen LogP contribution in [0.2, 0.25) is 5.02 Å². The Morgan fingerprint density at radius 2 is 1.44 bits per heavy atom. The Labute approximate surface area is 226 Å². The van der Waals surface area contributed by atoms with Gasteiger partial charge in [-0.2, -0.15) is 0 Å². The maximum Gasteiger partial charge on any atom is 0.414 e. The lowest BCUT2D eigenvalue weighted by molar-refractivity contribution is -0.159. The highest BCUT2D eigenvalue weighted by molar-refractivity contribution is 7.89. The summed E-state index contributed by atoms with van der Waals surface area (Å²) in [5, 5.41) is 34.7. The number of hydrogen-bond donors (Lipinski definition) is 6. The number of para-hydroxylation sites is 1. The smallest absolute Gasteiger partial charge is 0.414 e. The van der Waals surface area contributed by atoms with E-state index >= 15 is 0 Å². The number of aliphatic carboxylic acids is 4. The molecule has 210 valence electrons. The molecule has 3 rings (SSSR count). The fraction of sp³-hybridized carbons (Fsp3) is 0.174. The van der Waals surface area contributed by atoms with Crippen molar-refractivity contribution in [2.75, 3.05) is 26.2 Å². The van der Waals surface area contributed by atoms with E-state index in [0.717, 1.165) is 5.39 Å². The number of benzene rings is 2. The molecule has 2 aromatic carbocycles. The van der Waals surface area contributed by atoms with Crippen molar-refractivity contribution in [3.05, 3.63) is 65.9 Å². The molecule has 0 spiro atoms. The number of hydrogen-bond acceptors (Lipinski definition) is 9. The number of nitrogens with zero attached hydrogens (tertiary/aromatic N) is 1. The van der Waals surface area contributed by atoms with Crippen LogP contribution >= 0.6 is 11.6 Å². The summed E-state index contributed by atoms with van der Waals surface area (Å²) in [5.41, 5.74) is 0. The van der Waals surface area contributed by atoms with Crippen LogP contribution in [0, 0.1) is 0 Å². The molecule has 3 aromatic rings. The van der Waals surface area contributed by atoms with Gasteiger partial charge in [0.05, 0.1) is 9.92 Å². The Morgan fingerprint density at radius 1 is 0.821 bits per heavy atom. The summed E-state index contributed by atoms with van der Waals surface area (Å²) in [6, 6.07) is 14.1. The molecule has 16 heteroatoms. The molecule has 0 amide bonds. The Kier molecular flexibility index (Phi) is 13.9. The second-order valence-electron chi connectivity index (χ2n) is 7.00.